The van der Waals surface area contributed by atoms with Crippen molar-refractivity contribution in [3.8, 4) is 17.3 Å². The van der Waals surface area contributed by atoms with E-state index in [0.717, 1.165) is 27.7 Å². The molecule has 0 aliphatic carbocycles. The maximum absolute atomic E-state index is 12.6. The second-order valence-corrected chi connectivity index (χ2v) is 9.23. The molecule has 2 aromatic heterocycles. The molecule has 2 aromatic carbocycles. The molecule has 6 nitrogen and oxygen atoms in total. The van der Waals surface area contributed by atoms with Gasteiger partial charge in [-0.1, -0.05) is 74.0 Å². The Bertz CT molecular complexity index is 1220. The lowest BCUT2D eigenvalue weighted by Gasteiger charge is -2.26. The molecule has 0 fully saturated rings. The number of imidazole rings is 1. The third-order valence-corrected chi connectivity index (χ3v) is 6.59. The summed E-state index contributed by atoms with van der Waals surface area (Å²) < 4.78 is 14.5. The number of rotatable bonds is 10. The average Bonchev–Trinajstić information content (AvgIpc) is 3.21. The highest BCUT2D eigenvalue weighted by Gasteiger charge is 2.26. The Hall–Kier alpha value is -2.91. The molecule has 0 aliphatic rings. The molecule has 0 spiro atoms. The Morgan fingerprint density at radius 1 is 1.06 bits per heavy atom. The summed E-state index contributed by atoms with van der Waals surface area (Å²) in [4.78, 5) is 17.1. The molecule has 0 amide bonds. The number of halogens is 1. The van der Waals surface area contributed by atoms with Crippen LogP contribution in [0, 0.1) is 3.70 Å². The minimum atomic E-state index is -0.258. The Morgan fingerprint density at radius 3 is 2.32 bits per heavy atom. The average molecular weight is 569 g/mol. The maximum Gasteiger partial charge on any atom is 0.227 e. The zero-order chi connectivity index (χ0) is 23.9. The fourth-order valence-electron chi connectivity index (χ4n) is 4.05. The predicted octanol–water partition coefficient (Wildman–Crippen LogP) is 5.45. The molecular formula is C27H28IN3O3. The largest absolute Gasteiger partial charge is 0.486 e. The van der Waals surface area contributed by atoms with Gasteiger partial charge in [-0.25, -0.2) is 4.98 Å². The first kappa shape index (κ1) is 24.2. The van der Waals surface area contributed by atoms with Gasteiger partial charge in [-0.15, -0.1) is 0 Å². The van der Waals surface area contributed by atoms with Crippen LogP contribution in [0.3, 0.4) is 0 Å². The summed E-state index contributed by atoms with van der Waals surface area (Å²) in [6.07, 6.45) is 4.95. The molecular weight excluding hydrogens is 541 g/mol. The first-order chi connectivity index (χ1) is 16.6. The molecule has 34 heavy (non-hydrogen) atoms. The Labute approximate surface area is 212 Å². The first-order valence-corrected chi connectivity index (χ1v) is 12.5. The van der Waals surface area contributed by atoms with Crippen LogP contribution in [-0.2, 0) is 6.54 Å². The molecule has 0 unspecified atom stereocenters. The quantitative estimate of drug-likeness (QED) is 0.203. The highest BCUT2D eigenvalue weighted by atomic mass is 127. The van der Waals surface area contributed by atoms with E-state index in [1.807, 2.05) is 41.0 Å². The van der Waals surface area contributed by atoms with Gasteiger partial charge in [0, 0.05) is 24.6 Å². The minimum Gasteiger partial charge on any atom is -0.486 e. The fraction of sp³-hybridized carbons (Fsp3) is 0.259. The van der Waals surface area contributed by atoms with Crippen LogP contribution in [0.1, 0.15) is 36.8 Å². The van der Waals surface area contributed by atoms with E-state index in [1.54, 1.807) is 6.20 Å². The number of benzene rings is 2. The van der Waals surface area contributed by atoms with E-state index in [1.165, 1.54) is 12.3 Å². The van der Waals surface area contributed by atoms with Gasteiger partial charge in [-0.3, -0.25) is 4.79 Å². The zero-order valence-corrected chi connectivity index (χ0v) is 21.2. The van der Waals surface area contributed by atoms with Crippen LogP contribution in [0.4, 0.5) is 0 Å². The summed E-state index contributed by atoms with van der Waals surface area (Å²) in [5.41, 5.74) is 8.95. The summed E-state index contributed by atoms with van der Waals surface area (Å²) in [5, 5.41) is 0. The van der Waals surface area contributed by atoms with Crippen LogP contribution in [0.2, 0.25) is 0 Å². The minimum absolute atomic E-state index is 0.0171. The SMILES string of the molecule is CCCCOc1c(-c2ncc(I)n2C[C@@H](N)C(c2ccccc2)c2ccccc2)occc1=O. The Kier molecular flexibility index (Phi) is 8.18. The number of hydrogen-bond acceptors (Lipinski definition) is 5. The summed E-state index contributed by atoms with van der Waals surface area (Å²) in [5.74, 6) is 1.03. The summed E-state index contributed by atoms with van der Waals surface area (Å²) in [7, 11) is 0. The zero-order valence-electron chi connectivity index (χ0n) is 19.1. The lowest BCUT2D eigenvalue weighted by atomic mass is 9.85. The van der Waals surface area contributed by atoms with Crippen LogP contribution < -0.4 is 15.9 Å². The molecule has 4 rings (SSSR count). The second-order valence-electron chi connectivity index (χ2n) is 8.12. The lowest BCUT2D eigenvalue weighted by molar-refractivity contribution is 0.298. The molecule has 0 bridgehead atoms. The van der Waals surface area contributed by atoms with E-state index >= 15 is 0 Å². The van der Waals surface area contributed by atoms with Gasteiger partial charge in [0.25, 0.3) is 0 Å². The van der Waals surface area contributed by atoms with Crippen LogP contribution in [-0.4, -0.2) is 22.2 Å². The van der Waals surface area contributed by atoms with E-state index in [0.29, 0.717) is 24.7 Å². The van der Waals surface area contributed by atoms with Crippen molar-refractivity contribution in [2.24, 2.45) is 5.73 Å². The second kappa shape index (κ2) is 11.5. The lowest BCUT2D eigenvalue weighted by Crippen LogP contribution is -2.34. The van der Waals surface area contributed by atoms with Crippen molar-refractivity contribution in [1.29, 1.82) is 0 Å². The van der Waals surface area contributed by atoms with E-state index in [9.17, 15) is 4.79 Å². The third-order valence-electron chi connectivity index (χ3n) is 5.73. The van der Waals surface area contributed by atoms with Crippen molar-refractivity contribution in [3.63, 3.8) is 0 Å². The number of nitrogens with two attached hydrogens (primary N) is 1. The monoisotopic (exact) mass is 569 g/mol. The summed E-state index contributed by atoms with van der Waals surface area (Å²) in [6, 6.07) is 21.7. The fourth-order valence-corrected chi connectivity index (χ4v) is 4.61. The van der Waals surface area contributed by atoms with Crippen LogP contribution in [0.25, 0.3) is 11.6 Å². The predicted molar refractivity (Wildman–Crippen MR) is 142 cm³/mol. The molecule has 0 radical (unpaired) electrons. The third kappa shape index (κ3) is 5.42. The van der Waals surface area contributed by atoms with Gasteiger partial charge < -0.3 is 19.5 Å². The Balaban J connectivity index is 1.71. The topological polar surface area (TPSA) is 83.3 Å². The highest BCUT2D eigenvalue weighted by molar-refractivity contribution is 14.1. The normalized spacial score (nSPS) is 12.1. The number of aromatic nitrogens is 2. The number of unbranched alkanes of at least 4 members (excludes halogenated alkanes) is 1. The van der Waals surface area contributed by atoms with E-state index in [-0.39, 0.29) is 23.1 Å². The molecule has 176 valence electrons. The summed E-state index contributed by atoms with van der Waals surface area (Å²) in [6.45, 7) is 3.00. The van der Waals surface area contributed by atoms with Crippen LogP contribution in [0.15, 0.2) is 88.4 Å². The van der Waals surface area contributed by atoms with Crippen molar-refractivity contribution in [1.82, 2.24) is 9.55 Å². The van der Waals surface area contributed by atoms with Crippen molar-refractivity contribution in [3.05, 3.63) is 104 Å². The smallest absolute Gasteiger partial charge is 0.227 e. The molecule has 0 aliphatic heterocycles. The van der Waals surface area contributed by atoms with E-state index < -0.39 is 0 Å². The first-order valence-electron chi connectivity index (χ1n) is 11.4. The van der Waals surface area contributed by atoms with Crippen LogP contribution >= 0.6 is 22.6 Å². The number of nitrogens with zero attached hydrogens (tertiary/aromatic N) is 2. The van der Waals surface area contributed by atoms with Gasteiger partial charge in [-0.2, -0.15) is 0 Å². The summed E-state index contributed by atoms with van der Waals surface area (Å²) >= 11 is 2.23. The molecule has 4 aromatic rings. The van der Waals surface area contributed by atoms with Crippen molar-refractivity contribution >= 4 is 22.6 Å². The Morgan fingerprint density at radius 2 is 1.71 bits per heavy atom. The van der Waals surface area contributed by atoms with Gasteiger partial charge in [0.2, 0.25) is 16.9 Å². The van der Waals surface area contributed by atoms with Crippen LogP contribution in [0.5, 0.6) is 5.75 Å². The standard InChI is InChI=1S/C27H28IN3O3/c1-2-3-15-33-25-22(32)14-16-34-26(25)27-30-17-23(28)31(27)18-21(29)24(19-10-6-4-7-11-19)20-12-8-5-9-13-20/h4-14,16-17,21,24H,2-3,15,18,29H2,1H3/t21-/m1/s1. The molecule has 0 saturated heterocycles. The van der Waals surface area contributed by atoms with Crippen molar-refractivity contribution < 1.29 is 9.15 Å². The van der Waals surface area contributed by atoms with Gasteiger partial charge in [0.1, 0.15) is 3.70 Å². The molecule has 7 heteroatoms. The molecule has 2 N–H and O–H groups in total. The molecule has 2 heterocycles. The van der Waals surface area contributed by atoms with Gasteiger partial charge >= 0.3 is 0 Å². The number of hydrogen-bond donors (Lipinski definition) is 1. The highest BCUT2D eigenvalue weighted by Crippen LogP contribution is 2.31. The van der Waals surface area contributed by atoms with Gasteiger partial charge in [0.05, 0.1) is 19.1 Å². The molecule has 0 saturated carbocycles. The van der Waals surface area contributed by atoms with E-state index in [2.05, 4.69) is 58.8 Å². The van der Waals surface area contributed by atoms with E-state index in [4.69, 9.17) is 14.9 Å². The molecule has 1 atom stereocenters. The van der Waals surface area contributed by atoms with Gasteiger partial charge in [0.15, 0.2) is 5.82 Å². The number of ether oxygens (including phenoxy) is 1. The van der Waals surface area contributed by atoms with Crippen molar-refractivity contribution in [2.75, 3.05) is 6.61 Å². The van der Waals surface area contributed by atoms with Gasteiger partial charge in [-0.05, 0) is 40.1 Å². The van der Waals surface area contributed by atoms with Crippen molar-refractivity contribution in [2.45, 2.75) is 38.3 Å². The maximum atomic E-state index is 12.6.